The van der Waals surface area contributed by atoms with Crippen LogP contribution in [0.1, 0.15) is 53.4 Å². The predicted molar refractivity (Wildman–Crippen MR) is 98.5 cm³/mol. The van der Waals surface area contributed by atoms with Crippen LogP contribution in [0.4, 0.5) is 4.39 Å². The van der Waals surface area contributed by atoms with Crippen molar-refractivity contribution in [3.63, 3.8) is 0 Å². The Morgan fingerprint density at radius 2 is 1.96 bits per heavy atom. The Morgan fingerprint density at radius 3 is 2.59 bits per heavy atom. The van der Waals surface area contributed by atoms with E-state index < -0.39 is 34.1 Å². The van der Waals surface area contributed by atoms with Gasteiger partial charge in [-0.1, -0.05) is 25.5 Å². The maximum Gasteiger partial charge on any atom is 0.178 e. The lowest BCUT2D eigenvalue weighted by atomic mass is 9.44. The Labute approximate surface area is 159 Å². The van der Waals surface area contributed by atoms with Crippen LogP contribution >= 0.6 is 0 Å². The molecule has 4 nitrogen and oxygen atoms in total. The zero-order valence-electron chi connectivity index (χ0n) is 16.5. The van der Waals surface area contributed by atoms with E-state index in [2.05, 4.69) is 0 Å². The van der Waals surface area contributed by atoms with Crippen LogP contribution in [-0.4, -0.2) is 39.2 Å². The first-order chi connectivity index (χ1) is 12.4. The molecule has 0 spiro atoms. The molecule has 2 N–H and O–H groups in total. The Balaban J connectivity index is 1.85. The number of carbonyl (C=O) groups is 2. The molecule has 4 aliphatic carbocycles. The molecular formula is C22H29FO4. The molecule has 4 rings (SSSR count). The number of carbonyl (C=O) groups excluding carboxylic acids is 2. The van der Waals surface area contributed by atoms with Crippen molar-refractivity contribution < 1.29 is 24.2 Å². The summed E-state index contributed by atoms with van der Waals surface area (Å²) in [6.45, 7) is 6.87. The van der Waals surface area contributed by atoms with Crippen LogP contribution in [0.15, 0.2) is 23.8 Å². The summed E-state index contributed by atoms with van der Waals surface area (Å²) in [5.74, 6) is -1.39. The number of alkyl halides is 1. The summed E-state index contributed by atoms with van der Waals surface area (Å²) < 4.78 is 16.8. The van der Waals surface area contributed by atoms with Crippen molar-refractivity contribution >= 4 is 11.6 Å². The average Bonchev–Trinajstić information content (AvgIpc) is 2.79. The molecule has 0 radical (unpaired) electrons. The van der Waals surface area contributed by atoms with E-state index in [0.29, 0.717) is 19.3 Å². The van der Waals surface area contributed by atoms with E-state index >= 15 is 4.39 Å². The number of aliphatic hydroxyl groups is 2. The summed E-state index contributed by atoms with van der Waals surface area (Å²) in [5, 5.41) is 22.5. The Hall–Kier alpha value is -1.33. The maximum absolute atomic E-state index is 16.8. The van der Waals surface area contributed by atoms with Crippen molar-refractivity contribution in [1.82, 2.24) is 0 Å². The second kappa shape index (κ2) is 5.38. The highest BCUT2D eigenvalue weighted by Crippen LogP contribution is 2.70. The fourth-order valence-electron chi connectivity index (χ4n) is 7.30. The Bertz CT molecular complexity index is 787. The molecule has 0 aliphatic heterocycles. The third kappa shape index (κ3) is 1.95. The van der Waals surface area contributed by atoms with Gasteiger partial charge < -0.3 is 10.2 Å². The lowest BCUT2D eigenvalue weighted by Gasteiger charge is -2.62. The van der Waals surface area contributed by atoms with Crippen LogP contribution in [0.2, 0.25) is 0 Å². The van der Waals surface area contributed by atoms with Crippen molar-refractivity contribution in [2.45, 2.75) is 70.8 Å². The van der Waals surface area contributed by atoms with Gasteiger partial charge in [-0.05, 0) is 63.5 Å². The topological polar surface area (TPSA) is 74.6 Å². The first-order valence-corrected chi connectivity index (χ1v) is 9.97. The van der Waals surface area contributed by atoms with E-state index in [1.807, 2.05) is 13.8 Å². The second-order valence-electron chi connectivity index (χ2n) is 9.72. The van der Waals surface area contributed by atoms with Crippen LogP contribution in [0.25, 0.3) is 0 Å². The highest BCUT2D eigenvalue weighted by Gasteiger charge is 2.75. The minimum Gasteiger partial charge on any atom is -0.390 e. The van der Waals surface area contributed by atoms with Gasteiger partial charge in [0.2, 0.25) is 0 Å². The molecular weight excluding hydrogens is 347 g/mol. The smallest absolute Gasteiger partial charge is 0.178 e. The zero-order chi connectivity index (χ0) is 20.0. The summed E-state index contributed by atoms with van der Waals surface area (Å²) >= 11 is 0. The molecule has 3 fully saturated rings. The number of allylic oxidation sites excluding steroid dienone is 4. The molecule has 27 heavy (non-hydrogen) atoms. The molecule has 0 bridgehead atoms. The van der Waals surface area contributed by atoms with Gasteiger partial charge in [-0.2, -0.15) is 0 Å². The van der Waals surface area contributed by atoms with E-state index in [9.17, 15) is 19.8 Å². The van der Waals surface area contributed by atoms with E-state index in [1.54, 1.807) is 13.0 Å². The molecule has 0 aromatic heterocycles. The van der Waals surface area contributed by atoms with Crippen LogP contribution < -0.4 is 0 Å². The molecule has 0 amide bonds. The van der Waals surface area contributed by atoms with Gasteiger partial charge in [0.15, 0.2) is 17.2 Å². The van der Waals surface area contributed by atoms with E-state index in [4.69, 9.17) is 0 Å². The summed E-state index contributed by atoms with van der Waals surface area (Å²) in [4.78, 5) is 24.3. The summed E-state index contributed by atoms with van der Waals surface area (Å²) in [6, 6.07) is 0. The van der Waals surface area contributed by atoms with Gasteiger partial charge in [0.25, 0.3) is 0 Å². The quantitative estimate of drug-likeness (QED) is 0.738. The minimum atomic E-state index is -1.92. The van der Waals surface area contributed by atoms with Crippen molar-refractivity contribution in [2.24, 2.45) is 28.6 Å². The molecule has 0 saturated heterocycles. The van der Waals surface area contributed by atoms with Crippen LogP contribution in [0, 0.1) is 28.6 Å². The lowest BCUT2D eigenvalue weighted by molar-refractivity contribution is -0.218. The molecule has 0 aromatic rings. The van der Waals surface area contributed by atoms with E-state index in [0.717, 1.165) is 5.57 Å². The van der Waals surface area contributed by atoms with Crippen molar-refractivity contribution in [1.29, 1.82) is 0 Å². The maximum atomic E-state index is 16.8. The van der Waals surface area contributed by atoms with Crippen LogP contribution in [0.5, 0.6) is 0 Å². The zero-order valence-corrected chi connectivity index (χ0v) is 16.5. The third-order valence-electron chi connectivity index (χ3n) is 8.76. The normalized spacial score (nSPS) is 54.0. The molecule has 0 heterocycles. The number of Topliss-reactive ketones (excluding diaryl/α,β-unsaturated/α-hetero) is 1. The van der Waals surface area contributed by atoms with Gasteiger partial charge in [-0.15, -0.1) is 0 Å². The number of fused-ring (bicyclic) bond motifs is 5. The molecule has 0 unspecified atom stereocenters. The van der Waals surface area contributed by atoms with Gasteiger partial charge in [0.05, 0.1) is 6.10 Å². The van der Waals surface area contributed by atoms with Gasteiger partial charge in [-0.25, -0.2) is 4.39 Å². The first kappa shape index (κ1) is 19.0. The lowest BCUT2D eigenvalue weighted by Crippen LogP contribution is -2.69. The summed E-state index contributed by atoms with van der Waals surface area (Å²) in [7, 11) is 0. The minimum absolute atomic E-state index is 0.0374. The third-order valence-corrected chi connectivity index (χ3v) is 8.76. The molecule has 148 valence electrons. The molecule has 4 aliphatic rings. The van der Waals surface area contributed by atoms with E-state index in [-0.39, 0.29) is 29.8 Å². The van der Waals surface area contributed by atoms with Gasteiger partial charge in [0, 0.05) is 16.7 Å². The van der Waals surface area contributed by atoms with Crippen molar-refractivity contribution in [2.75, 3.05) is 0 Å². The second-order valence-corrected chi connectivity index (χ2v) is 9.72. The number of aliphatic hydroxyl groups excluding tert-OH is 1. The largest absolute Gasteiger partial charge is 0.390 e. The monoisotopic (exact) mass is 376 g/mol. The number of halogens is 1. The summed E-state index contributed by atoms with van der Waals surface area (Å²) in [5.41, 5.74) is -4.62. The number of rotatable bonds is 1. The fraction of sp³-hybridized carbons (Fsp3) is 0.727. The number of hydrogen-bond donors (Lipinski definition) is 2. The SMILES string of the molecule is CC(=O)[C@]1(O)[C@H](C)C[C@H]2[C@@H]3CCC4=CC(=O)C=C[C@]4(C)[C@@]3(F)[C@@H](O)C[C@@]21C. The Kier molecular flexibility index (Phi) is 3.79. The van der Waals surface area contributed by atoms with E-state index in [1.165, 1.54) is 19.1 Å². The standard InChI is InChI=1S/C22H29FO4/c1-12-9-17-16-6-5-14-10-15(25)7-8-19(14,3)21(16,23)18(26)11-20(17,4)22(12,27)13(2)24/h7-8,10,12,16-18,26-27H,5-6,9,11H2,1-4H3/t12-,16+,17+,18+,19+,20+,21+,22-/m1/s1. The van der Waals surface area contributed by atoms with Crippen LogP contribution in [0.3, 0.4) is 0 Å². The molecule has 0 aromatic carbocycles. The van der Waals surface area contributed by atoms with Gasteiger partial charge in [-0.3, -0.25) is 9.59 Å². The number of ketones is 2. The van der Waals surface area contributed by atoms with Gasteiger partial charge >= 0.3 is 0 Å². The first-order valence-electron chi connectivity index (χ1n) is 9.97. The predicted octanol–water partition coefficient (Wildman–Crippen LogP) is 2.92. The molecule has 8 atom stereocenters. The Morgan fingerprint density at radius 1 is 1.30 bits per heavy atom. The number of hydrogen-bond acceptors (Lipinski definition) is 4. The highest BCUT2D eigenvalue weighted by molar-refractivity contribution is 6.01. The van der Waals surface area contributed by atoms with Crippen molar-refractivity contribution in [3.05, 3.63) is 23.8 Å². The highest BCUT2D eigenvalue weighted by atomic mass is 19.1. The average molecular weight is 376 g/mol. The summed E-state index contributed by atoms with van der Waals surface area (Å²) in [6.07, 6.45) is 4.93. The van der Waals surface area contributed by atoms with Gasteiger partial charge in [0.1, 0.15) is 5.60 Å². The fourth-order valence-corrected chi connectivity index (χ4v) is 7.30. The van der Waals surface area contributed by atoms with Crippen LogP contribution in [-0.2, 0) is 9.59 Å². The molecule has 5 heteroatoms. The molecule has 3 saturated carbocycles. The van der Waals surface area contributed by atoms with Crippen molar-refractivity contribution in [3.8, 4) is 0 Å².